The van der Waals surface area contributed by atoms with E-state index in [0.29, 0.717) is 24.6 Å². The van der Waals surface area contributed by atoms with Crippen molar-refractivity contribution >= 4 is 23.5 Å². The summed E-state index contributed by atoms with van der Waals surface area (Å²) < 4.78 is 75.2. The third-order valence-corrected chi connectivity index (χ3v) is 9.07. The molecule has 18 heteroatoms. The average molecular weight is 778 g/mol. The monoisotopic (exact) mass is 777 g/mol. The second-order valence-electron chi connectivity index (χ2n) is 12.8. The molecule has 1 unspecified atom stereocenters. The average Bonchev–Trinajstić information content (AvgIpc) is 3.18. The van der Waals surface area contributed by atoms with Crippen molar-refractivity contribution < 1.29 is 41.7 Å². The SMILES string of the molecule is COc1ccc(CN(Cc2ccc(OC)cc2)c2nc(C)nc(-c3cc(C(N4CCN(C(=O)O)CC4)C(F)(F)F)cnc3Nc3cnc(OC)c(F)c3)n2)cc1. The molecule has 1 aliphatic rings. The van der Waals surface area contributed by atoms with Gasteiger partial charge in [-0.15, -0.1) is 0 Å². The molecule has 6 rings (SSSR count). The van der Waals surface area contributed by atoms with E-state index in [9.17, 15) is 27.5 Å². The molecule has 5 aromatic rings. The molecule has 0 spiro atoms. The zero-order chi connectivity index (χ0) is 40.0. The van der Waals surface area contributed by atoms with E-state index in [1.165, 1.54) is 24.3 Å². The minimum absolute atomic E-state index is 0.00243. The van der Waals surface area contributed by atoms with Crippen LogP contribution in [0.1, 0.15) is 28.6 Å². The number of carboxylic acid groups (broad SMARTS) is 1. The fraction of sp³-hybridized carbons (Fsp3) is 0.316. The molecule has 0 saturated carbocycles. The fourth-order valence-electron chi connectivity index (χ4n) is 6.29. The molecule has 56 heavy (non-hydrogen) atoms. The Morgan fingerprint density at radius 2 is 1.46 bits per heavy atom. The maximum absolute atomic E-state index is 14.9. The highest BCUT2D eigenvalue weighted by atomic mass is 19.4. The number of pyridine rings is 2. The number of methoxy groups -OCH3 is 3. The number of amides is 1. The molecule has 0 radical (unpaired) electrons. The highest BCUT2D eigenvalue weighted by Crippen LogP contribution is 2.41. The minimum atomic E-state index is -4.77. The number of anilines is 3. The molecular formula is C38H39F4N9O5. The Morgan fingerprint density at radius 1 is 0.857 bits per heavy atom. The molecule has 2 N–H and O–H groups in total. The molecule has 1 aliphatic heterocycles. The first-order valence-electron chi connectivity index (χ1n) is 17.3. The molecule has 3 aromatic heterocycles. The number of ether oxygens (including phenoxy) is 3. The number of rotatable bonds is 13. The third-order valence-electron chi connectivity index (χ3n) is 9.07. The van der Waals surface area contributed by atoms with Crippen molar-refractivity contribution in [2.24, 2.45) is 0 Å². The number of benzene rings is 2. The number of alkyl halides is 3. The Bertz CT molecular complexity index is 2090. The standard InChI is InChI=1S/C38H39F4N9O5/c1-23-45-34(48-36(46-23)51(21-24-5-9-28(54-2)10-6-24)22-25-7-11-29(55-3)12-8-25)30-17-26(19-43-33(30)47-27-18-31(39)35(56-4)44-20-27)32(38(40,41)42)49-13-15-50(16-14-49)37(52)53/h5-12,17-20,32H,13-16,21-22H2,1-4H3,(H,43,47)(H,52,53). The highest BCUT2D eigenvalue weighted by molar-refractivity contribution is 5.75. The quantitative estimate of drug-likeness (QED) is 0.123. The van der Waals surface area contributed by atoms with Crippen molar-refractivity contribution in [2.45, 2.75) is 32.2 Å². The van der Waals surface area contributed by atoms with Crippen molar-refractivity contribution in [3.8, 4) is 28.8 Å². The van der Waals surface area contributed by atoms with Crippen LogP contribution >= 0.6 is 0 Å². The van der Waals surface area contributed by atoms with Crippen molar-refractivity contribution in [2.75, 3.05) is 57.7 Å². The van der Waals surface area contributed by atoms with Gasteiger partial charge < -0.3 is 34.4 Å². The van der Waals surface area contributed by atoms with Crippen LogP contribution in [0.4, 0.5) is 39.8 Å². The third kappa shape index (κ3) is 9.31. The van der Waals surface area contributed by atoms with Gasteiger partial charge in [-0.3, -0.25) is 4.90 Å². The van der Waals surface area contributed by atoms with Crippen LogP contribution in [-0.2, 0) is 13.1 Å². The summed E-state index contributed by atoms with van der Waals surface area (Å²) in [6, 6.07) is 15.2. The topological polar surface area (TPSA) is 151 Å². The number of nitrogens with one attached hydrogen (secondary N) is 1. The number of halogens is 4. The van der Waals surface area contributed by atoms with E-state index in [1.54, 1.807) is 21.1 Å². The van der Waals surface area contributed by atoms with Crippen molar-refractivity contribution in [1.29, 1.82) is 0 Å². The van der Waals surface area contributed by atoms with E-state index in [-0.39, 0.29) is 72.3 Å². The molecule has 4 heterocycles. The summed E-state index contributed by atoms with van der Waals surface area (Å²) in [6.07, 6.45) is -3.60. The summed E-state index contributed by atoms with van der Waals surface area (Å²) >= 11 is 0. The second-order valence-corrected chi connectivity index (χ2v) is 12.8. The van der Waals surface area contributed by atoms with Gasteiger partial charge in [0, 0.05) is 51.5 Å². The summed E-state index contributed by atoms with van der Waals surface area (Å²) in [4.78, 5) is 38.0. The molecule has 1 atom stereocenters. The first-order chi connectivity index (χ1) is 26.8. The Morgan fingerprint density at radius 3 is 1.98 bits per heavy atom. The Labute approximate surface area is 319 Å². The lowest BCUT2D eigenvalue weighted by molar-refractivity contribution is -0.189. The van der Waals surface area contributed by atoms with E-state index >= 15 is 0 Å². The van der Waals surface area contributed by atoms with Crippen LogP contribution in [0, 0.1) is 12.7 Å². The van der Waals surface area contributed by atoms with Gasteiger partial charge in [0.25, 0.3) is 0 Å². The maximum Gasteiger partial charge on any atom is 0.408 e. The summed E-state index contributed by atoms with van der Waals surface area (Å²) in [5.74, 6) is 0.835. The number of aromatic nitrogens is 5. The lowest BCUT2D eigenvalue weighted by Crippen LogP contribution is -2.52. The number of hydrogen-bond donors (Lipinski definition) is 2. The Kier molecular flexibility index (Phi) is 12.0. The fourth-order valence-corrected chi connectivity index (χ4v) is 6.29. The van der Waals surface area contributed by atoms with Crippen LogP contribution in [0.25, 0.3) is 11.4 Å². The summed E-state index contributed by atoms with van der Waals surface area (Å²) in [6.45, 7) is 1.77. The number of piperazine rings is 1. The molecule has 0 aliphatic carbocycles. The van der Waals surface area contributed by atoms with Gasteiger partial charge in [-0.2, -0.15) is 23.1 Å². The van der Waals surface area contributed by atoms with Crippen molar-refractivity contribution in [3.05, 3.63) is 101 Å². The van der Waals surface area contributed by atoms with Gasteiger partial charge in [0.15, 0.2) is 11.6 Å². The van der Waals surface area contributed by atoms with Gasteiger partial charge in [-0.05, 0) is 53.9 Å². The summed E-state index contributed by atoms with van der Waals surface area (Å²) in [5.41, 5.74) is 1.77. The molecule has 1 fully saturated rings. The van der Waals surface area contributed by atoms with E-state index in [4.69, 9.17) is 19.2 Å². The first-order valence-corrected chi connectivity index (χ1v) is 17.3. The van der Waals surface area contributed by atoms with Crippen LogP contribution in [0.5, 0.6) is 17.4 Å². The predicted octanol–water partition coefficient (Wildman–Crippen LogP) is 6.65. The lowest BCUT2D eigenvalue weighted by Gasteiger charge is -2.39. The molecule has 1 amide bonds. The minimum Gasteiger partial charge on any atom is -0.497 e. The van der Waals surface area contributed by atoms with Gasteiger partial charge in [0.05, 0.1) is 38.8 Å². The molecule has 0 bridgehead atoms. The number of carbonyl (C=O) groups is 1. The number of hydrogen-bond acceptors (Lipinski definition) is 12. The van der Waals surface area contributed by atoms with E-state index in [2.05, 4.69) is 25.3 Å². The Hall–Kier alpha value is -6.30. The molecular weight excluding hydrogens is 738 g/mol. The number of aryl methyl sites for hydroxylation is 1. The zero-order valence-corrected chi connectivity index (χ0v) is 30.9. The van der Waals surface area contributed by atoms with E-state index < -0.39 is 24.1 Å². The van der Waals surface area contributed by atoms with Crippen LogP contribution in [0.2, 0.25) is 0 Å². The zero-order valence-electron chi connectivity index (χ0n) is 30.9. The molecule has 1 saturated heterocycles. The Balaban J connectivity index is 1.45. The summed E-state index contributed by atoms with van der Waals surface area (Å²) in [5, 5.41) is 12.4. The van der Waals surface area contributed by atoms with Crippen LogP contribution in [-0.4, -0.2) is 99.6 Å². The lowest BCUT2D eigenvalue weighted by atomic mass is 10.0. The maximum atomic E-state index is 14.9. The second kappa shape index (κ2) is 17.0. The highest BCUT2D eigenvalue weighted by Gasteiger charge is 2.46. The predicted molar refractivity (Wildman–Crippen MR) is 198 cm³/mol. The van der Waals surface area contributed by atoms with Gasteiger partial charge in [-0.25, -0.2) is 24.1 Å². The smallest absolute Gasteiger partial charge is 0.408 e. The largest absolute Gasteiger partial charge is 0.497 e. The van der Waals surface area contributed by atoms with Gasteiger partial charge in [0.1, 0.15) is 29.2 Å². The van der Waals surface area contributed by atoms with Gasteiger partial charge in [0.2, 0.25) is 11.8 Å². The van der Waals surface area contributed by atoms with Crippen molar-refractivity contribution in [1.82, 2.24) is 34.7 Å². The number of nitrogens with zero attached hydrogens (tertiary/aromatic N) is 8. The first kappa shape index (κ1) is 39.4. The van der Waals surface area contributed by atoms with Crippen LogP contribution in [0.3, 0.4) is 0 Å². The van der Waals surface area contributed by atoms with Crippen LogP contribution in [0.15, 0.2) is 73.1 Å². The normalized spacial score (nSPS) is 13.9. The molecule has 2 aromatic carbocycles. The van der Waals surface area contributed by atoms with E-state index in [1.807, 2.05) is 53.4 Å². The van der Waals surface area contributed by atoms with Crippen molar-refractivity contribution in [3.63, 3.8) is 0 Å². The molecule has 14 nitrogen and oxygen atoms in total. The van der Waals surface area contributed by atoms with Crippen LogP contribution < -0.4 is 24.4 Å². The summed E-state index contributed by atoms with van der Waals surface area (Å²) in [7, 11) is 4.42. The molecule has 294 valence electrons. The van der Waals surface area contributed by atoms with E-state index in [0.717, 1.165) is 28.3 Å². The van der Waals surface area contributed by atoms with Gasteiger partial charge >= 0.3 is 12.3 Å². The van der Waals surface area contributed by atoms with Gasteiger partial charge in [-0.1, -0.05) is 24.3 Å².